The molecule has 2 amide bonds. The lowest BCUT2D eigenvalue weighted by atomic mass is 9.98. The molecular formula is C13H13ClF2N2O3. The Morgan fingerprint density at radius 3 is 2.81 bits per heavy atom. The molecule has 8 heteroatoms. The largest absolute Gasteiger partial charge is 0.433 e. The molecule has 0 aliphatic carbocycles. The second kappa shape index (κ2) is 6.71. The number of amides is 2. The van der Waals surface area contributed by atoms with Gasteiger partial charge in [0.2, 0.25) is 11.8 Å². The summed E-state index contributed by atoms with van der Waals surface area (Å²) in [5.74, 6) is -0.808. The third-order valence-electron chi connectivity index (χ3n) is 3.05. The standard InChI is InChI=1S/C13H13ClF2N2O3/c14-9-5-8(2-3-10(9)21-13(15)16)18-12(20)7-1-4-11(19)17-6-7/h2-3,5,7,13H,1,4,6H2,(H,17,19)(H,18,20). The molecule has 1 unspecified atom stereocenters. The number of hydrogen-bond acceptors (Lipinski definition) is 3. The van der Waals surface area contributed by atoms with E-state index in [2.05, 4.69) is 15.4 Å². The van der Waals surface area contributed by atoms with E-state index in [9.17, 15) is 18.4 Å². The highest BCUT2D eigenvalue weighted by molar-refractivity contribution is 6.32. The van der Waals surface area contributed by atoms with Gasteiger partial charge in [-0.15, -0.1) is 0 Å². The average molecular weight is 319 g/mol. The molecule has 5 nitrogen and oxygen atoms in total. The van der Waals surface area contributed by atoms with Crippen molar-refractivity contribution in [1.82, 2.24) is 5.32 Å². The third-order valence-corrected chi connectivity index (χ3v) is 3.35. The monoisotopic (exact) mass is 318 g/mol. The summed E-state index contributed by atoms with van der Waals surface area (Å²) in [5.41, 5.74) is 0.378. The van der Waals surface area contributed by atoms with Crippen LogP contribution in [0.3, 0.4) is 0 Å². The van der Waals surface area contributed by atoms with Gasteiger partial charge < -0.3 is 15.4 Å². The zero-order valence-corrected chi connectivity index (χ0v) is 11.6. The number of nitrogens with one attached hydrogen (secondary N) is 2. The number of halogens is 3. The van der Waals surface area contributed by atoms with Crippen LogP contribution in [0.1, 0.15) is 12.8 Å². The maximum atomic E-state index is 12.1. The predicted octanol–water partition coefficient (Wildman–Crippen LogP) is 2.41. The molecule has 0 bridgehead atoms. The molecule has 1 atom stereocenters. The number of hydrogen-bond donors (Lipinski definition) is 2. The van der Waals surface area contributed by atoms with Gasteiger partial charge in [-0.3, -0.25) is 9.59 Å². The molecule has 114 valence electrons. The summed E-state index contributed by atoms with van der Waals surface area (Å²) in [6.45, 7) is -2.68. The molecule has 2 rings (SSSR count). The number of anilines is 1. The Bertz CT molecular complexity index is 544. The van der Waals surface area contributed by atoms with Gasteiger partial charge >= 0.3 is 6.61 Å². The summed E-state index contributed by atoms with van der Waals surface area (Å²) >= 11 is 5.80. The minimum absolute atomic E-state index is 0.0231. The molecule has 1 aliphatic heterocycles. The highest BCUT2D eigenvalue weighted by Crippen LogP contribution is 2.29. The summed E-state index contributed by atoms with van der Waals surface area (Å²) in [7, 11) is 0. The Hall–Kier alpha value is -1.89. The van der Waals surface area contributed by atoms with E-state index in [0.717, 1.165) is 0 Å². The Labute approximate surface area is 124 Å². The first-order valence-corrected chi connectivity index (χ1v) is 6.65. The maximum absolute atomic E-state index is 12.1. The van der Waals surface area contributed by atoms with E-state index in [1.165, 1.54) is 18.2 Å². The first-order valence-electron chi connectivity index (χ1n) is 6.27. The number of carbonyl (C=O) groups excluding carboxylic acids is 2. The minimum Gasteiger partial charge on any atom is -0.433 e. The number of ether oxygens (including phenoxy) is 1. The number of rotatable bonds is 4. The van der Waals surface area contributed by atoms with Crippen molar-refractivity contribution in [2.24, 2.45) is 5.92 Å². The van der Waals surface area contributed by atoms with Crippen LogP contribution in [0.4, 0.5) is 14.5 Å². The van der Waals surface area contributed by atoms with Gasteiger partial charge in [0.15, 0.2) is 0 Å². The van der Waals surface area contributed by atoms with Crippen molar-refractivity contribution in [2.75, 3.05) is 11.9 Å². The van der Waals surface area contributed by atoms with Gasteiger partial charge in [0.05, 0.1) is 10.9 Å². The minimum atomic E-state index is -2.96. The predicted molar refractivity (Wildman–Crippen MR) is 72.4 cm³/mol. The number of piperidine rings is 1. The van der Waals surface area contributed by atoms with E-state index in [4.69, 9.17) is 11.6 Å². The molecule has 1 saturated heterocycles. The van der Waals surface area contributed by atoms with E-state index >= 15 is 0 Å². The molecule has 0 radical (unpaired) electrons. The van der Waals surface area contributed by atoms with E-state index in [1.807, 2.05) is 0 Å². The molecule has 1 heterocycles. The van der Waals surface area contributed by atoms with Crippen molar-refractivity contribution in [3.63, 3.8) is 0 Å². The number of benzene rings is 1. The summed E-state index contributed by atoms with van der Waals surface area (Å²) in [5, 5.41) is 5.22. The molecule has 21 heavy (non-hydrogen) atoms. The summed E-state index contributed by atoms with van der Waals surface area (Å²) in [6.07, 6.45) is 0.776. The summed E-state index contributed by atoms with van der Waals surface area (Å²) in [4.78, 5) is 23.0. The quantitative estimate of drug-likeness (QED) is 0.896. The van der Waals surface area contributed by atoms with Gasteiger partial charge in [-0.2, -0.15) is 8.78 Å². The van der Waals surface area contributed by atoms with E-state index in [-0.39, 0.29) is 35.0 Å². The number of alkyl halides is 2. The van der Waals surface area contributed by atoms with Gasteiger partial charge in [0.25, 0.3) is 0 Å². The van der Waals surface area contributed by atoms with Crippen LogP contribution < -0.4 is 15.4 Å². The number of carbonyl (C=O) groups is 2. The van der Waals surface area contributed by atoms with E-state index in [1.54, 1.807) is 0 Å². The SMILES string of the molecule is O=C1CCC(C(=O)Nc2ccc(OC(F)F)c(Cl)c2)CN1. The van der Waals surface area contributed by atoms with Crippen LogP contribution in [0.15, 0.2) is 18.2 Å². The van der Waals surface area contributed by atoms with Crippen molar-refractivity contribution in [3.8, 4) is 5.75 Å². The Morgan fingerprint density at radius 2 is 2.24 bits per heavy atom. The molecule has 1 aliphatic rings. The van der Waals surface area contributed by atoms with E-state index in [0.29, 0.717) is 18.5 Å². The van der Waals surface area contributed by atoms with Crippen molar-refractivity contribution in [3.05, 3.63) is 23.2 Å². The second-order valence-electron chi connectivity index (χ2n) is 4.55. The topological polar surface area (TPSA) is 67.4 Å². The van der Waals surface area contributed by atoms with Crippen molar-refractivity contribution >= 4 is 29.1 Å². The zero-order chi connectivity index (χ0) is 15.4. The Morgan fingerprint density at radius 1 is 1.48 bits per heavy atom. The highest BCUT2D eigenvalue weighted by atomic mass is 35.5. The lowest BCUT2D eigenvalue weighted by Gasteiger charge is -2.21. The molecular weight excluding hydrogens is 306 g/mol. The molecule has 0 aromatic heterocycles. The van der Waals surface area contributed by atoms with Gasteiger partial charge in [0, 0.05) is 18.7 Å². The maximum Gasteiger partial charge on any atom is 0.387 e. The molecule has 1 aromatic rings. The van der Waals surface area contributed by atoms with Gasteiger partial charge in [-0.25, -0.2) is 0 Å². The smallest absolute Gasteiger partial charge is 0.387 e. The second-order valence-corrected chi connectivity index (χ2v) is 4.96. The van der Waals surface area contributed by atoms with E-state index < -0.39 is 6.61 Å². The molecule has 0 saturated carbocycles. The fraction of sp³-hybridized carbons (Fsp3) is 0.385. The van der Waals surface area contributed by atoms with Crippen LogP contribution in [0.2, 0.25) is 5.02 Å². The highest BCUT2D eigenvalue weighted by Gasteiger charge is 2.24. The fourth-order valence-electron chi connectivity index (χ4n) is 1.97. The average Bonchev–Trinajstić information content (AvgIpc) is 2.42. The fourth-order valence-corrected chi connectivity index (χ4v) is 2.20. The first-order chi connectivity index (χ1) is 9.95. The molecule has 1 fully saturated rings. The zero-order valence-electron chi connectivity index (χ0n) is 10.9. The van der Waals surface area contributed by atoms with Crippen LogP contribution >= 0.6 is 11.6 Å². The summed E-state index contributed by atoms with van der Waals surface area (Å²) < 4.78 is 28.4. The Kier molecular flexibility index (Phi) is 4.95. The lowest BCUT2D eigenvalue weighted by molar-refractivity contribution is -0.126. The van der Waals surface area contributed by atoms with Crippen LogP contribution in [-0.2, 0) is 9.59 Å². The van der Waals surface area contributed by atoms with Gasteiger partial charge in [-0.05, 0) is 24.6 Å². The van der Waals surface area contributed by atoms with Crippen molar-refractivity contribution in [1.29, 1.82) is 0 Å². The van der Waals surface area contributed by atoms with Crippen molar-refractivity contribution < 1.29 is 23.1 Å². The summed E-state index contributed by atoms with van der Waals surface area (Å²) in [6, 6.07) is 4.01. The molecule has 0 spiro atoms. The molecule has 1 aromatic carbocycles. The first kappa shape index (κ1) is 15.5. The lowest BCUT2D eigenvalue weighted by Crippen LogP contribution is -2.40. The van der Waals surface area contributed by atoms with Crippen LogP contribution in [0, 0.1) is 5.92 Å². The Balaban J connectivity index is 1.98. The third kappa shape index (κ3) is 4.29. The van der Waals surface area contributed by atoms with Crippen LogP contribution in [-0.4, -0.2) is 25.0 Å². The normalized spacial score (nSPS) is 18.3. The van der Waals surface area contributed by atoms with Gasteiger partial charge in [0.1, 0.15) is 5.75 Å². The molecule has 2 N–H and O–H groups in total. The van der Waals surface area contributed by atoms with Crippen LogP contribution in [0.5, 0.6) is 5.75 Å². The van der Waals surface area contributed by atoms with Crippen LogP contribution in [0.25, 0.3) is 0 Å². The van der Waals surface area contributed by atoms with Gasteiger partial charge in [-0.1, -0.05) is 11.6 Å². The van der Waals surface area contributed by atoms with Crippen molar-refractivity contribution in [2.45, 2.75) is 19.5 Å².